The quantitative estimate of drug-likeness (QED) is 0.324. The molecule has 0 radical (unpaired) electrons. The van der Waals surface area contributed by atoms with Gasteiger partial charge in [0, 0.05) is 19.8 Å². The summed E-state index contributed by atoms with van der Waals surface area (Å²) < 4.78 is 50.7. The van der Waals surface area contributed by atoms with Gasteiger partial charge in [0.1, 0.15) is 30.5 Å². The number of methoxy groups -OCH3 is 2. The van der Waals surface area contributed by atoms with Gasteiger partial charge in [0.25, 0.3) is 0 Å². The summed E-state index contributed by atoms with van der Waals surface area (Å²) >= 11 is 0. The fourth-order valence-electron chi connectivity index (χ4n) is 5.03. The van der Waals surface area contributed by atoms with Gasteiger partial charge in [-0.05, 0) is 37.5 Å². The van der Waals surface area contributed by atoms with Crippen LogP contribution in [0.5, 0.6) is 0 Å². The van der Waals surface area contributed by atoms with E-state index in [-0.39, 0.29) is 18.3 Å². The predicted molar refractivity (Wildman–Crippen MR) is 165 cm³/mol. The first-order chi connectivity index (χ1) is 20.2. The number of benzene rings is 2. The highest BCUT2D eigenvalue weighted by Crippen LogP contribution is 2.44. The van der Waals surface area contributed by atoms with Gasteiger partial charge in [-0.2, -0.15) is 0 Å². The first-order valence-corrected chi connectivity index (χ1v) is 17.9. The second-order valence-corrected chi connectivity index (χ2v) is 17.9. The van der Waals surface area contributed by atoms with E-state index in [2.05, 4.69) is 33.9 Å². The summed E-state index contributed by atoms with van der Waals surface area (Å²) in [4.78, 5) is 0. The standard InChI is InChI=1S/C33H50O9Si/c1-31(2,3)43(8,9)39-21-25(34)27-29(42-33(5,36-7)32(4,35-6)41-27)28-26(37-20-23-16-12-10-13-17-23)22-38-30(40-28)24-18-14-11-15-19-24/h10-19,25-30,34H,20-22H2,1-9H3/t25-,26-,27-,28+,29+,30?,32?,33?/m0/s1. The largest absolute Gasteiger partial charge is 0.414 e. The minimum atomic E-state index is -2.18. The summed E-state index contributed by atoms with van der Waals surface area (Å²) in [7, 11) is 0.885. The van der Waals surface area contributed by atoms with Gasteiger partial charge in [-0.25, -0.2) is 0 Å². The summed E-state index contributed by atoms with van der Waals surface area (Å²) in [6, 6.07) is 19.6. The van der Waals surface area contributed by atoms with E-state index in [1.807, 2.05) is 60.7 Å². The van der Waals surface area contributed by atoms with E-state index in [0.717, 1.165) is 11.1 Å². The molecular weight excluding hydrogens is 568 g/mol. The molecule has 0 aromatic heterocycles. The molecule has 0 saturated carbocycles. The minimum absolute atomic E-state index is 0.0329. The normalized spacial score (nSPS) is 32.8. The van der Waals surface area contributed by atoms with Crippen molar-refractivity contribution in [3.8, 4) is 0 Å². The highest BCUT2D eigenvalue weighted by Gasteiger charge is 2.61. The molecule has 0 aliphatic carbocycles. The average molecular weight is 619 g/mol. The molecule has 10 heteroatoms. The molecule has 2 aliphatic heterocycles. The van der Waals surface area contributed by atoms with Crippen LogP contribution in [0.2, 0.25) is 18.1 Å². The molecule has 2 aromatic carbocycles. The summed E-state index contributed by atoms with van der Waals surface area (Å²) in [6.07, 6.45) is -4.71. The topological polar surface area (TPSA) is 94.1 Å². The number of ether oxygens (including phenoxy) is 7. The average Bonchev–Trinajstić information content (AvgIpc) is 3.00. The highest BCUT2D eigenvalue weighted by molar-refractivity contribution is 6.74. The molecule has 0 spiro atoms. The molecule has 2 aliphatic rings. The molecule has 2 fully saturated rings. The van der Waals surface area contributed by atoms with Crippen LogP contribution in [-0.4, -0.2) is 83.0 Å². The summed E-state index contributed by atoms with van der Waals surface area (Å²) in [5, 5.41) is 11.7. The van der Waals surface area contributed by atoms with E-state index in [0.29, 0.717) is 6.61 Å². The third-order valence-electron chi connectivity index (χ3n) is 9.21. The van der Waals surface area contributed by atoms with Crippen molar-refractivity contribution in [3.05, 3.63) is 71.8 Å². The van der Waals surface area contributed by atoms with Gasteiger partial charge in [0.05, 0.1) is 19.8 Å². The van der Waals surface area contributed by atoms with Gasteiger partial charge < -0.3 is 42.7 Å². The number of aliphatic hydroxyl groups excluding tert-OH is 1. The van der Waals surface area contributed by atoms with Crippen LogP contribution in [0.3, 0.4) is 0 Å². The van der Waals surface area contributed by atoms with Crippen LogP contribution in [-0.2, 0) is 44.2 Å². The van der Waals surface area contributed by atoms with Gasteiger partial charge in [0.15, 0.2) is 14.6 Å². The maximum atomic E-state index is 11.7. The Morgan fingerprint density at radius 3 is 2.07 bits per heavy atom. The molecule has 2 saturated heterocycles. The molecule has 0 bridgehead atoms. The van der Waals surface area contributed by atoms with E-state index >= 15 is 0 Å². The molecule has 2 heterocycles. The van der Waals surface area contributed by atoms with Crippen LogP contribution in [0.4, 0.5) is 0 Å². The Morgan fingerprint density at radius 1 is 0.907 bits per heavy atom. The lowest BCUT2D eigenvalue weighted by Gasteiger charge is -2.55. The van der Waals surface area contributed by atoms with Crippen molar-refractivity contribution in [3.63, 3.8) is 0 Å². The fourth-order valence-corrected chi connectivity index (χ4v) is 6.05. The van der Waals surface area contributed by atoms with Crippen molar-refractivity contribution in [1.29, 1.82) is 0 Å². The van der Waals surface area contributed by atoms with Crippen molar-refractivity contribution in [2.75, 3.05) is 27.4 Å². The van der Waals surface area contributed by atoms with Crippen molar-refractivity contribution in [1.82, 2.24) is 0 Å². The maximum Gasteiger partial charge on any atom is 0.220 e. The van der Waals surface area contributed by atoms with Gasteiger partial charge in [-0.3, -0.25) is 0 Å². The van der Waals surface area contributed by atoms with Crippen molar-refractivity contribution >= 4 is 8.32 Å². The highest BCUT2D eigenvalue weighted by atomic mass is 28.4. The second kappa shape index (κ2) is 13.7. The van der Waals surface area contributed by atoms with Gasteiger partial charge in [-0.1, -0.05) is 81.4 Å². The zero-order valence-corrected chi connectivity index (χ0v) is 28.1. The van der Waals surface area contributed by atoms with Crippen LogP contribution < -0.4 is 0 Å². The van der Waals surface area contributed by atoms with E-state index in [4.69, 9.17) is 37.6 Å². The Kier molecular flexibility index (Phi) is 10.9. The molecule has 0 amide bonds. The monoisotopic (exact) mass is 618 g/mol. The number of aliphatic hydroxyl groups is 1. The SMILES string of the molecule is COC1(C)O[C@@H]([C@@H]2OC(c3ccccc3)OC[C@@H]2OCc2ccccc2)[C@H]([C@@H](O)CO[Si](C)(C)C(C)(C)C)OC1(C)OC. The van der Waals surface area contributed by atoms with Crippen LogP contribution in [0.1, 0.15) is 52.0 Å². The van der Waals surface area contributed by atoms with Crippen molar-refractivity contribution in [2.24, 2.45) is 0 Å². The Labute approximate surface area is 257 Å². The molecule has 3 unspecified atom stereocenters. The van der Waals surface area contributed by atoms with Crippen molar-refractivity contribution in [2.45, 2.75) is 108 Å². The van der Waals surface area contributed by atoms with Gasteiger partial charge in [-0.15, -0.1) is 0 Å². The summed E-state index contributed by atoms with van der Waals surface area (Å²) in [6.45, 7) is 14.9. The Morgan fingerprint density at radius 2 is 1.49 bits per heavy atom. The number of hydrogen-bond donors (Lipinski definition) is 1. The van der Waals surface area contributed by atoms with E-state index in [9.17, 15) is 5.11 Å². The van der Waals surface area contributed by atoms with Gasteiger partial charge in [0.2, 0.25) is 11.6 Å². The van der Waals surface area contributed by atoms with E-state index in [1.165, 1.54) is 14.2 Å². The van der Waals surface area contributed by atoms with Crippen LogP contribution in [0, 0.1) is 0 Å². The summed E-state index contributed by atoms with van der Waals surface area (Å²) in [5.41, 5.74) is 1.88. The van der Waals surface area contributed by atoms with E-state index in [1.54, 1.807) is 13.8 Å². The second-order valence-electron chi connectivity index (χ2n) is 13.1. The molecule has 4 rings (SSSR count). The van der Waals surface area contributed by atoms with Crippen LogP contribution in [0.25, 0.3) is 0 Å². The molecule has 2 aromatic rings. The molecule has 43 heavy (non-hydrogen) atoms. The lowest BCUT2D eigenvalue weighted by Crippen LogP contribution is -2.71. The third kappa shape index (κ3) is 7.58. The Balaban J connectivity index is 1.68. The first-order valence-electron chi connectivity index (χ1n) is 15.0. The number of rotatable bonds is 11. The third-order valence-corrected chi connectivity index (χ3v) is 13.7. The molecular formula is C33H50O9Si. The minimum Gasteiger partial charge on any atom is -0.414 e. The molecule has 9 nitrogen and oxygen atoms in total. The molecule has 8 atom stereocenters. The Bertz CT molecular complexity index is 1140. The van der Waals surface area contributed by atoms with Crippen molar-refractivity contribution < 1.29 is 42.7 Å². The number of hydrogen-bond acceptors (Lipinski definition) is 9. The lowest BCUT2D eigenvalue weighted by atomic mass is 9.93. The van der Waals surface area contributed by atoms with Crippen LogP contribution in [0.15, 0.2) is 60.7 Å². The maximum absolute atomic E-state index is 11.7. The lowest BCUT2D eigenvalue weighted by molar-refractivity contribution is -0.468. The Hall–Kier alpha value is -1.70. The molecule has 240 valence electrons. The smallest absolute Gasteiger partial charge is 0.220 e. The predicted octanol–water partition coefficient (Wildman–Crippen LogP) is 5.58. The molecule has 1 N–H and O–H groups in total. The van der Waals surface area contributed by atoms with Crippen LogP contribution >= 0.6 is 0 Å². The fraction of sp³-hybridized carbons (Fsp3) is 0.636. The zero-order chi connectivity index (χ0) is 31.5. The van der Waals surface area contributed by atoms with E-state index < -0.39 is 56.7 Å². The first kappa shape index (κ1) is 34.2. The zero-order valence-electron chi connectivity index (χ0n) is 27.1. The van der Waals surface area contributed by atoms with Gasteiger partial charge >= 0.3 is 0 Å². The summed E-state index contributed by atoms with van der Waals surface area (Å²) in [5.74, 6) is -2.68.